The summed E-state index contributed by atoms with van der Waals surface area (Å²) < 4.78 is 5.04. The van der Waals surface area contributed by atoms with Gasteiger partial charge in [-0.05, 0) is 6.92 Å². The van der Waals surface area contributed by atoms with Crippen LogP contribution in [0, 0.1) is 6.92 Å². The van der Waals surface area contributed by atoms with Crippen LogP contribution >= 0.6 is 12.6 Å². The number of aromatic nitrogens is 1. The third kappa shape index (κ3) is 3.22. The van der Waals surface area contributed by atoms with E-state index in [9.17, 15) is 14.7 Å². The second-order valence-electron chi connectivity index (χ2n) is 4.55. The van der Waals surface area contributed by atoms with Crippen LogP contribution in [-0.4, -0.2) is 22.0 Å². The number of ketones is 1. The fourth-order valence-corrected chi connectivity index (χ4v) is 1.90. The Morgan fingerprint density at radius 3 is 2.48 bits per heavy atom. The molecule has 2 aromatic rings. The second kappa shape index (κ2) is 5.97. The number of carbonyl (C=O) groups is 2. The highest BCUT2D eigenvalue weighted by atomic mass is 32.1. The topological polar surface area (TPSA) is 80.4 Å². The van der Waals surface area contributed by atoms with Crippen LogP contribution in [0.4, 0.5) is 0 Å². The molecule has 1 heterocycles. The number of aromatic carboxylic acids is 1. The summed E-state index contributed by atoms with van der Waals surface area (Å²) in [6.45, 7) is 5.33. The summed E-state index contributed by atoms with van der Waals surface area (Å²) in [6, 6.07) is 7.19. The van der Waals surface area contributed by atoms with Gasteiger partial charge in [0.05, 0.1) is 6.42 Å². The molecule has 0 saturated carbocycles. The molecule has 0 atom stereocenters. The Labute approximate surface area is 126 Å². The van der Waals surface area contributed by atoms with E-state index >= 15 is 0 Å². The summed E-state index contributed by atoms with van der Waals surface area (Å²) >= 11 is 3.84. The third-order valence-corrected chi connectivity index (χ3v) is 3.19. The van der Waals surface area contributed by atoms with Gasteiger partial charge in [-0.15, -0.1) is 12.6 Å². The Morgan fingerprint density at radius 2 is 1.95 bits per heavy atom. The van der Waals surface area contributed by atoms with Gasteiger partial charge < -0.3 is 9.63 Å². The van der Waals surface area contributed by atoms with Crippen LogP contribution in [0.1, 0.15) is 21.7 Å². The number of hydrogen-bond acceptors (Lipinski definition) is 5. The van der Waals surface area contributed by atoms with Crippen molar-refractivity contribution in [2.24, 2.45) is 0 Å². The fraction of sp³-hybridized carbons (Fsp3) is 0.133. The molecule has 0 bridgehead atoms. The van der Waals surface area contributed by atoms with Crippen LogP contribution in [0.2, 0.25) is 0 Å². The zero-order valence-electron chi connectivity index (χ0n) is 11.3. The number of carbonyl (C=O) groups excluding carboxylic acids is 1. The first-order valence-electron chi connectivity index (χ1n) is 6.10. The summed E-state index contributed by atoms with van der Waals surface area (Å²) in [5, 5.41) is 13.1. The number of nitrogens with zero attached hydrogens (tertiary/aromatic N) is 1. The molecule has 108 valence electrons. The van der Waals surface area contributed by atoms with E-state index in [2.05, 4.69) is 24.4 Å². The average Bonchev–Trinajstić information content (AvgIpc) is 2.83. The Kier molecular flexibility index (Phi) is 4.28. The number of rotatable bonds is 5. The van der Waals surface area contributed by atoms with E-state index in [1.165, 1.54) is 0 Å². The van der Waals surface area contributed by atoms with Crippen LogP contribution in [0.15, 0.2) is 40.3 Å². The zero-order chi connectivity index (χ0) is 15.6. The van der Waals surface area contributed by atoms with Gasteiger partial charge in [0.2, 0.25) is 0 Å². The van der Waals surface area contributed by atoms with Crippen LogP contribution in [-0.2, 0) is 11.2 Å². The minimum absolute atomic E-state index is 0.00160. The number of carboxylic acid groups (broad SMARTS) is 1. The first-order valence-corrected chi connectivity index (χ1v) is 6.55. The third-order valence-electron chi connectivity index (χ3n) is 2.94. The maximum Gasteiger partial charge on any atom is 0.341 e. The molecule has 6 heteroatoms. The highest BCUT2D eigenvalue weighted by Gasteiger charge is 2.25. The van der Waals surface area contributed by atoms with Gasteiger partial charge in [-0.3, -0.25) is 4.79 Å². The van der Waals surface area contributed by atoms with Gasteiger partial charge in [0.1, 0.15) is 11.3 Å². The lowest BCUT2D eigenvalue weighted by Crippen LogP contribution is -2.07. The van der Waals surface area contributed by atoms with Crippen LogP contribution in [0.25, 0.3) is 11.3 Å². The van der Waals surface area contributed by atoms with Crippen LogP contribution in [0.3, 0.4) is 0 Å². The minimum atomic E-state index is -1.19. The van der Waals surface area contributed by atoms with Crippen molar-refractivity contribution in [3.05, 3.63) is 52.6 Å². The normalized spacial score (nSPS) is 10.4. The number of thiol groups is 1. The Hall–Kier alpha value is -2.34. The number of hydrogen-bond donors (Lipinski definition) is 2. The molecule has 21 heavy (non-hydrogen) atoms. The number of benzene rings is 1. The van der Waals surface area contributed by atoms with E-state index in [-0.39, 0.29) is 28.3 Å². The lowest BCUT2D eigenvalue weighted by atomic mass is 10.0. The van der Waals surface area contributed by atoms with E-state index in [4.69, 9.17) is 4.52 Å². The van der Waals surface area contributed by atoms with Gasteiger partial charge >= 0.3 is 5.97 Å². The van der Waals surface area contributed by atoms with Crippen molar-refractivity contribution >= 4 is 24.4 Å². The second-order valence-corrected chi connectivity index (χ2v) is 5.09. The SMILES string of the molecule is C=C(S)C(=O)Cc1onc(-c2ccc(C)cc2)c1C(=O)O. The summed E-state index contributed by atoms with van der Waals surface area (Å²) in [5.41, 5.74) is 1.75. The van der Waals surface area contributed by atoms with E-state index < -0.39 is 11.8 Å². The molecule has 2 rings (SSSR count). The quantitative estimate of drug-likeness (QED) is 0.655. The van der Waals surface area contributed by atoms with Crippen molar-refractivity contribution in [3.63, 3.8) is 0 Å². The highest BCUT2D eigenvalue weighted by molar-refractivity contribution is 7.85. The van der Waals surface area contributed by atoms with Crippen molar-refractivity contribution in [3.8, 4) is 11.3 Å². The van der Waals surface area contributed by atoms with Crippen molar-refractivity contribution in [1.82, 2.24) is 5.16 Å². The van der Waals surface area contributed by atoms with E-state index in [1.807, 2.05) is 19.1 Å². The molecular weight excluding hydrogens is 290 g/mol. The maximum absolute atomic E-state index is 11.6. The molecule has 0 aliphatic heterocycles. The monoisotopic (exact) mass is 303 g/mol. The van der Waals surface area contributed by atoms with Gasteiger partial charge in [0.25, 0.3) is 0 Å². The number of Topliss-reactive ketones (excluding diaryl/α,β-unsaturated/α-hetero) is 1. The molecule has 0 unspecified atom stereocenters. The van der Waals surface area contributed by atoms with Crippen LogP contribution < -0.4 is 0 Å². The molecule has 0 fully saturated rings. The van der Waals surface area contributed by atoms with Crippen molar-refractivity contribution < 1.29 is 19.2 Å². The zero-order valence-corrected chi connectivity index (χ0v) is 12.2. The summed E-state index contributed by atoms with van der Waals surface area (Å²) in [7, 11) is 0. The lowest BCUT2D eigenvalue weighted by Gasteiger charge is -2.00. The van der Waals surface area contributed by atoms with Crippen molar-refractivity contribution in [1.29, 1.82) is 0 Å². The van der Waals surface area contributed by atoms with Gasteiger partial charge in [-0.1, -0.05) is 41.6 Å². The molecule has 0 radical (unpaired) electrons. The Bertz CT molecular complexity index is 716. The summed E-state index contributed by atoms with van der Waals surface area (Å²) in [5.74, 6) is -1.61. The molecule has 0 amide bonds. The fourth-order valence-electron chi connectivity index (χ4n) is 1.82. The standard InChI is InChI=1S/C15H13NO4S/c1-8-3-5-10(6-4-8)14-13(15(18)19)12(20-16-14)7-11(17)9(2)21/h3-6,21H,2,7H2,1H3,(H,18,19). The Balaban J connectivity index is 2.46. The molecule has 0 aliphatic rings. The van der Waals surface area contributed by atoms with Crippen molar-refractivity contribution in [2.75, 3.05) is 0 Å². The predicted octanol–water partition coefficient (Wildman–Crippen LogP) is 2.90. The van der Waals surface area contributed by atoms with Gasteiger partial charge in [0.15, 0.2) is 11.5 Å². The molecule has 1 N–H and O–H groups in total. The van der Waals surface area contributed by atoms with Crippen LogP contribution in [0.5, 0.6) is 0 Å². The smallest absolute Gasteiger partial charge is 0.341 e. The number of aryl methyl sites for hydroxylation is 1. The number of allylic oxidation sites excluding steroid dienone is 1. The lowest BCUT2D eigenvalue weighted by molar-refractivity contribution is -0.114. The molecule has 1 aromatic carbocycles. The first kappa shape index (κ1) is 15.1. The van der Waals surface area contributed by atoms with E-state index in [1.54, 1.807) is 12.1 Å². The van der Waals surface area contributed by atoms with Gasteiger partial charge in [-0.25, -0.2) is 4.79 Å². The van der Waals surface area contributed by atoms with Crippen molar-refractivity contribution in [2.45, 2.75) is 13.3 Å². The molecule has 1 aromatic heterocycles. The predicted molar refractivity (Wildman–Crippen MR) is 80.5 cm³/mol. The van der Waals surface area contributed by atoms with E-state index in [0.717, 1.165) is 5.56 Å². The first-order chi connectivity index (χ1) is 9.90. The summed E-state index contributed by atoms with van der Waals surface area (Å²) in [6.07, 6.45) is -0.233. The molecular formula is C15H13NO4S. The molecule has 5 nitrogen and oxygen atoms in total. The molecule has 0 saturated heterocycles. The summed E-state index contributed by atoms with van der Waals surface area (Å²) in [4.78, 5) is 23.1. The minimum Gasteiger partial charge on any atom is -0.477 e. The average molecular weight is 303 g/mol. The molecule has 0 spiro atoms. The Morgan fingerprint density at radius 1 is 1.33 bits per heavy atom. The largest absolute Gasteiger partial charge is 0.477 e. The van der Waals surface area contributed by atoms with E-state index in [0.29, 0.717) is 5.56 Å². The number of carboxylic acids is 1. The molecule has 0 aliphatic carbocycles. The van der Waals surface area contributed by atoms with Gasteiger partial charge in [0, 0.05) is 10.5 Å². The van der Waals surface area contributed by atoms with Gasteiger partial charge in [-0.2, -0.15) is 0 Å². The highest BCUT2D eigenvalue weighted by Crippen LogP contribution is 2.27. The maximum atomic E-state index is 11.6.